The number of carbonyl (C=O) groups excluding carboxylic acids is 1. The van der Waals surface area contributed by atoms with Crippen molar-refractivity contribution in [1.29, 1.82) is 0 Å². The SMILES string of the molecule is C/N=C1\NC(=O)C[C@@H](c2cccc(-c3cccc(OC(F)(F)F)c3)c2)N1. The van der Waals surface area contributed by atoms with Gasteiger partial charge in [0, 0.05) is 7.05 Å². The molecule has 1 amide bonds. The van der Waals surface area contributed by atoms with Gasteiger partial charge in [-0.2, -0.15) is 0 Å². The second kappa shape index (κ2) is 7.07. The van der Waals surface area contributed by atoms with E-state index in [1.807, 2.05) is 12.1 Å². The van der Waals surface area contributed by atoms with E-state index in [2.05, 4.69) is 20.4 Å². The van der Waals surface area contributed by atoms with Crippen molar-refractivity contribution in [3.05, 3.63) is 54.1 Å². The Labute approximate surface area is 147 Å². The topological polar surface area (TPSA) is 62.7 Å². The highest BCUT2D eigenvalue weighted by Crippen LogP contribution is 2.30. The molecule has 0 aromatic heterocycles. The van der Waals surface area contributed by atoms with Gasteiger partial charge in [0.05, 0.1) is 12.5 Å². The van der Waals surface area contributed by atoms with Crippen LogP contribution in [0.25, 0.3) is 11.1 Å². The van der Waals surface area contributed by atoms with Crippen molar-refractivity contribution in [3.63, 3.8) is 0 Å². The van der Waals surface area contributed by atoms with E-state index in [1.54, 1.807) is 25.2 Å². The van der Waals surface area contributed by atoms with Crippen molar-refractivity contribution in [2.45, 2.75) is 18.8 Å². The van der Waals surface area contributed by atoms with Crippen molar-refractivity contribution in [2.24, 2.45) is 4.99 Å². The van der Waals surface area contributed by atoms with Gasteiger partial charge in [-0.25, -0.2) is 0 Å². The molecule has 2 N–H and O–H groups in total. The molecule has 3 rings (SSSR count). The van der Waals surface area contributed by atoms with Gasteiger partial charge in [0.2, 0.25) is 5.91 Å². The lowest BCUT2D eigenvalue weighted by Crippen LogP contribution is -2.49. The maximum absolute atomic E-state index is 12.4. The van der Waals surface area contributed by atoms with E-state index in [-0.39, 0.29) is 24.1 Å². The van der Waals surface area contributed by atoms with Crippen LogP contribution in [0.15, 0.2) is 53.5 Å². The zero-order chi connectivity index (χ0) is 18.7. The fraction of sp³-hybridized carbons (Fsp3) is 0.222. The first kappa shape index (κ1) is 17.8. The third-order valence-corrected chi connectivity index (χ3v) is 3.87. The number of alkyl halides is 3. The predicted octanol–water partition coefficient (Wildman–Crippen LogP) is 3.39. The number of benzene rings is 2. The molecular formula is C18H16F3N3O2. The van der Waals surface area contributed by atoms with Gasteiger partial charge in [0.15, 0.2) is 5.96 Å². The molecule has 0 unspecified atom stereocenters. The Balaban J connectivity index is 1.88. The number of carbonyl (C=O) groups is 1. The largest absolute Gasteiger partial charge is 0.573 e. The maximum Gasteiger partial charge on any atom is 0.573 e. The van der Waals surface area contributed by atoms with Gasteiger partial charge in [-0.15, -0.1) is 13.2 Å². The molecule has 2 aromatic rings. The molecule has 1 aliphatic heterocycles. The van der Waals surface area contributed by atoms with Gasteiger partial charge >= 0.3 is 6.36 Å². The maximum atomic E-state index is 12.4. The van der Waals surface area contributed by atoms with Gasteiger partial charge < -0.3 is 10.1 Å². The molecule has 1 heterocycles. The molecule has 26 heavy (non-hydrogen) atoms. The van der Waals surface area contributed by atoms with Crippen LogP contribution in [0.2, 0.25) is 0 Å². The van der Waals surface area contributed by atoms with E-state index in [0.29, 0.717) is 11.5 Å². The number of nitrogens with zero attached hydrogens (tertiary/aromatic N) is 1. The minimum absolute atomic E-state index is 0.152. The Hall–Kier alpha value is -3.03. The van der Waals surface area contributed by atoms with Crippen LogP contribution in [0.1, 0.15) is 18.0 Å². The van der Waals surface area contributed by atoms with E-state index in [4.69, 9.17) is 0 Å². The van der Waals surface area contributed by atoms with E-state index >= 15 is 0 Å². The number of rotatable bonds is 3. The van der Waals surface area contributed by atoms with Gasteiger partial charge in [0.1, 0.15) is 5.75 Å². The summed E-state index contributed by atoms with van der Waals surface area (Å²) in [5, 5.41) is 5.73. The molecule has 1 saturated heterocycles. The summed E-state index contributed by atoms with van der Waals surface area (Å²) in [6, 6.07) is 12.8. The highest BCUT2D eigenvalue weighted by atomic mass is 19.4. The Morgan fingerprint density at radius 1 is 1.12 bits per heavy atom. The summed E-state index contributed by atoms with van der Waals surface area (Å²) in [6.07, 6.45) is -4.50. The molecule has 0 saturated carbocycles. The number of nitrogens with one attached hydrogen (secondary N) is 2. The Morgan fingerprint density at radius 2 is 1.81 bits per heavy atom. The normalized spacial score (nSPS) is 19.0. The molecule has 8 heteroatoms. The standard InChI is InChI=1S/C18H16F3N3O2/c1-22-17-23-15(10-16(25)24-17)13-6-2-4-11(8-13)12-5-3-7-14(9-12)26-18(19,20)21/h2-9,15H,10H2,1H3,(H2,22,23,24,25)/t15-/m0/s1. The van der Waals surface area contributed by atoms with E-state index < -0.39 is 6.36 Å². The fourth-order valence-corrected chi connectivity index (χ4v) is 2.75. The van der Waals surface area contributed by atoms with Crippen LogP contribution in [0.3, 0.4) is 0 Å². The third-order valence-electron chi connectivity index (χ3n) is 3.87. The molecule has 0 radical (unpaired) electrons. The van der Waals surface area contributed by atoms with Crippen LogP contribution in [0, 0.1) is 0 Å². The van der Waals surface area contributed by atoms with E-state index in [9.17, 15) is 18.0 Å². The highest BCUT2D eigenvalue weighted by Gasteiger charge is 2.31. The summed E-state index contributed by atoms with van der Waals surface area (Å²) >= 11 is 0. The Kier molecular flexibility index (Phi) is 4.83. The fourth-order valence-electron chi connectivity index (χ4n) is 2.75. The number of halogens is 3. The summed E-state index contributed by atoms with van der Waals surface area (Å²) in [5.74, 6) is -0.0477. The number of aliphatic imine (C=N–C) groups is 1. The zero-order valence-corrected chi connectivity index (χ0v) is 13.8. The summed E-state index contributed by atoms with van der Waals surface area (Å²) < 4.78 is 41.2. The Morgan fingerprint density at radius 3 is 2.50 bits per heavy atom. The van der Waals surface area contributed by atoms with Crippen molar-refractivity contribution in [2.75, 3.05) is 7.05 Å². The molecule has 136 valence electrons. The number of guanidine groups is 1. The second-order valence-electron chi connectivity index (χ2n) is 5.72. The lowest BCUT2D eigenvalue weighted by Gasteiger charge is -2.26. The minimum atomic E-state index is -4.74. The van der Waals surface area contributed by atoms with Crippen LogP contribution in [0.5, 0.6) is 5.75 Å². The summed E-state index contributed by atoms with van der Waals surface area (Å²) in [7, 11) is 1.56. The second-order valence-corrected chi connectivity index (χ2v) is 5.72. The third kappa shape index (κ3) is 4.33. The molecule has 1 atom stereocenters. The molecule has 5 nitrogen and oxygen atoms in total. The van der Waals surface area contributed by atoms with Crippen LogP contribution in [-0.2, 0) is 4.79 Å². The molecule has 0 spiro atoms. The van der Waals surface area contributed by atoms with Crippen molar-refractivity contribution >= 4 is 11.9 Å². The molecule has 1 fully saturated rings. The van der Waals surface area contributed by atoms with Gasteiger partial charge in [-0.1, -0.05) is 30.3 Å². The number of amides is 1. The molecule has 0 aliphatic carbocycles. The minimum Gasteiger partial charge on any atom is -0.406 e. The van der Waals surface area contributed by atoms with E-state index in [1.165, 1.54) is 18.2 Å². The van der Waals surface area contributed by atoms with Crippen molar-refractivity contribution in [1.82, 2.24) is 10.6 Å². The zero-order valence-electron chi connectivity index (χ0n) is 13.8. The number of hydrogen-bond acceptors (Lipinski definition) is 3. The summed E-state index contributed by atoms with van der Waals surface area (Å²) in [6.45, 7) is 0. The summed E-state index contributed by atoms with van der Waals surface area (Å²) in [4.78, 5) is 15.7. The van der Waals surface area contributed by atoms with Gasteiger partial charge in [-0.3, -0.25) is 15.1 Å². The first-order chi connectivity index (χ1) is 12.3. The average Bonchev–Trinajstić information content (AvgIpc) is 2.60. The lowest BCUT2D eigenvalue weighted by atomic mass is 9.97. The van der Waals surface area contributed by atoms with Crippen LogP contribution < -0.4 is 15.4 Å². The van der Waals surface area contributed by atoms with Gasteiger partial charge in [-0.05, 0) is 34.9 Å². The van der Waals surface area contributed by atoms with Crippen molar-refractivity contribution < 1.29 is 22.7 Å². The van der Waals surface area contributed by atoms with Gasteiger partial charge in [0.25, 0.3) is 0 Å². The highest BCUT2D eigenvalue weighted by molar-refractivity contribution is 5.99. The average molecular weight is 363 g/mol. The summed E-state index contributed by atoms with van der Waals surface area (Å²) in [5.41, 5.74) is 2.14. The monoisotopic (exact) mass is 363 g/mol. The van der Waals surface area contributed by atoms with Crippen LogP contribution in [-0.4, -0.2) is 25.3 Å². The van der Waals surface area contributed by atoms with Crippen LogP contribution in [0.4, 0.5) is 13.2 Å². The molecular weight excluding hydrogens is 347 g/mol. The Bertz CT molecular complexity index is 850. The van der Waals surface area contributed by atoms with Crippen LogP contribution >= 0.6 is 0 Å². The van der Waals surface area contributed by atoms with Crippen molar-refractivity contribution in [3.8, 4) is 16.9 Å². The molecule has 2 aromatic carbocycles. The van der Waals surface area contributed by atoms with E-state index in [0.717, 1.165) is 11.1 Å². The smallest absolute Gasteiger partial charge is 0.406 e. The first-order valence-electron chi connectivity index (χ1n) is 7.83. The lowest BCUT2D eigenvalue weighted by molar-refractivity contribution is -0.274. The molecule has 0 bridgehead atoms. The number of hydrogen-bond donors (Lipinski definition) is 2. The number of ether oxygens (including phenoxy) is 1. The molecule has 1 aliphatic rings. The predicted molar refractivity (Wildman–Crippen MR) is 90.6 cm³/mol. The quantitative estimate of drug-likeness (QED) is 0.879. The first-order valence-corrected chi connectivity index (χ1v) is 7.83.